The van der Waals surface area contributed by atoms with E-state index in [1.165, 1.54) is 17.4 Å². The molecule has 0 aliphatic carbocycles. The Morgan fingerprint density at radius 3 is 2.94 bits per heavy atom. The molecular weight excluding hydrogens is 257 g/mol. The Morgan fingerprint density at radius 1 is 1.56 bits per heavy atom. The van der Waals surface area contributed by atoms with E-state index in [1.807, 2.05) is 12.3 Å². The van der Waals surface area contributed by atoms with Gasteiger partial charge in [-0.05, 0) is 18.6 Å². The van der Waals surface area contributed by atoms with Crippen LogP contribution in [0.5, 0.6) is 10.9 Å². The molecule has 1 aromatic carbocycles. The van der Waals surface area contributed by atoms with E-state index in [2.05, 4.69) is 4.98 Å². The molecule has 18 heavy (non-hydrogen) atoms. The van der Waals surface area contributed by atoms with Crippen molar-refractivity contribution in [2.75, 3.05) is 0 Å². The fourth-order valence-corrected chi connectivity index (χ4v) is 2.11. The van der Waals surface area contributed by atoms with Crippen molar-refractivity contribution in [2.45, 2.75) is 13.3 Å². The highest BCUT2D eigenvalue weighted by Gasteiger charge is 2.14. The summed E-state index contributed by atoms with van der Waals surface area (Å²) in [6.45, 7) is 1.95. The van der Waals surface area contributed by atoms with Crippen LogP contribution in [0.4, 0.5) is 4.39 Å². The van der Waals surface area contributed by atoms with Crippen molar-refractivity contribution in [3.63, 3.8) is 0 Å². The van der Waals surface area contributed by atoms with Gasteiger partial charge in [0.05, 0.1) is 5.69 Å². The quantitative estimate of drug-likeness (QED) is 0.923. The van der Waals surface area contributed by atoms with Crippen LogP contribution >= 0.6 is 11.3 Å². The van der Waals surface area contributed by atoms with Crippen molar-refractivity contribution in [2.24, 2.45) is 0 Å². The second kappa shape index (κ2) is 5.14. The zero-order valence-electron chi connectivity index (χ0n) is 9.51. The van der Waals surface area contributed by atoms with Gasteiger partial charge in [-0.15, -0.1) is 0 Å². The number of nitrogens with zero attached hydrogens (tertiary/aromatic N) is 1. The Kier molecular flexibility index (Phi) is 3.57. The molecule has 94 valence electrons. The number of hydrogen-bond donors (Lipinski definition) is 1. The highest BCUT2D eigenvalue weighted by Crippen LogP contribution is 2.28. The molecule has 0 radical (unpaired) electrons. The average Bonchev–Trinajstić information content (AvgIpc) is 2.76. The number of ether oxygens (including phenoxy) is 1. The van der Waals surface area contributed by atoms with Gasteiger partial charge in [-0.25, -0.2) is 14.2 Å². The summed E-state index contributed by atoms with van der Waals surface area (Å²) in [6, 6.07) is 3.29. The van der Waals surface area contributed by atoms with Crippen molar-refractivity contribution >= 4 is 17.3 Å². The Labute approximate surface area is 107 Å². The van der Waals surface area contributed by atoms with E-state index < -0.39 is 11.8 Å². The minimum Gasteiger partial charge on any atom is -0.478 e. The Hall–Kier alpha value is -1.95. The van der Waals surface area contributed by atoms with E-state index in [0.29, 0.717) is 5.19 Å². The summed E-state index contributed by atoms with van der Waals surface area (Å²) in [7, 11) is 0. The lowest BCUT2D eigenvalue weighted by Gasteiger charge is -2.05. The molecule has 0 amide bonds. The largest absolute Gasteiger partial charge is 0.478 e. The summed E-state index contributed by atoms with van der Waals surface area (Å²) in [5.74, 6) is -1.76. The van der Waals surface area contributed by atoms with Gasteiger partial charge < -0.3 is 9.84 Å². The minimum absolute atomic E-state index is 0.0421. The van der Waals surface area contributed by atoms with Crippen LogP contribution in [0.2, 0.25) is 0 Å². The van der Waals surface area contributed by atoms with Crippen LogP contribution in [0.1, 0.15) is 23.0 Å². The van der Waals surface area contributed by atoms with Crippen LogP contribution in [0.15, 0.2) is 23.6 Å². The molecule has 0 saturated carbocycles. The topological polar surface area (TPSA) is 59.4 Å². The molecule has 0 aliphatic heterocycles. The molecule has 0 bridgehead atoms. The number of carboxylic acids is 1. The molecule has 0 aliphatic rings. The van der Waals surface area contributed by atoms with Crippen LogP contribution in [0.25, 0.3) is 0 Å². The first-order valence-electron chi connectivity index (χ1n) is 5.25. The van der Waals surface area contributed by atoms with E-state index in [-0.39, 0.29) is 11.3 Å². The fourth-order valence-electron chi connectivity index (χ4n) is 1.35. The normalized spacial score (nSPS) is 10.3. The molecule has 1 aromatic heterocycles. The third kappa shape index (κ3) is 2.65. The van der Waals surface area contributed by atoms with Crippen molar-refractivity contribution in [1.82, 2.24) is 4.98 Å². The molecule has 2 aromatic rings. The lowest BCUT2D eigenvalue weighted by Crippen LogP contribution is -2.00. The Balaban J connectivity index is 2.32. The summed E-state index contributed by atoms with van der Waals surface area (Å²) in [6.07, 6.45) is 0.759. The van der Waals surface area contributed by atoms with Gasteiger partial charge >= 0.3 is 5.97 Å². The third-order valence-electron chi connectivity index (χ3n) is 2.26. The van der Waals surface area contributed by atoms with Crippen LogP contribution in [-0.4, -0.2) is 16.1 Å². The maximum atomic E-state index is 13.1. The standard InChI is InChI=1S/C12H10FNO3S/c1-2-8-6-18-12(14-8)17-10-5-7(13)3-4-9(10)11(15)16/h3-6H,2H2,1H3,(H,15,16). The fraction of sp³-hybridized carbons (Fsp3) is 0.167. The van der Waals surface area contributed by atoms with Crippen molar-refractivity contribution in [3.8, 4) is 10.9 Å². The number of carbonyl (C=O) groups is 1. The van der Waals surface area contributed by atoms with Gasteiger partial charge in [0.1, 0.15) is 17.1 Å². The van der Waals surface area contributed by atoms with Crippen LogP contribution < -0.4 is 4.74 Å². The number of thiazole rings is 1. The van der Waals surface area contributed by atoms with E-state index >= 15 is 0 Å². The summed E-state index contributed by atoms with van der Waals surface area (Å²) >= 11 is 1.25. The summed E-state index contributed by atoms with van der Waals surface area (Å²) in [4.78, 5) is 15.1. The predicted octanol–water partition coefficient (Wildman–Crippen LogP) is 3.34. The van der Waals surface area contributed by atoms with Gasteiger partial charge in [0.15, 0.2) is 0 Å². The van der Waals surface area contributed by atoms with Crippen molar-refractivity contribution in [3.05, 3.63) is 40.7 Å². The SMILES string of the molecule is CCc1csc(Oc2cc(F)ccc2C(=O)O)n1. The summed E-state index contributed by atoms with van der Waals surface area (Å²) in [5.41, 5.74) is 0.757. The number of rotatable bonds is 4. The van der Waals surface area contributed by atoms with Gasteiger partial charge in [-0.1, -0.05) is 18.3 Å². The number of carboxylic acid groups (broad SMARTS) is 1. The van der Waals surface area contributed by atoms with E-state index in [9.17, 15) is 9.18 Å². The van der Waals surface area contributed by atoms with Gasteiger partial charge in [-0.2, -0.15) is 0 Å². The van der Waals surface area contributed by atoms with Gasteiger partial charge in [-0.3, -0.25) is 0 Å². The van der Waals surface area contributed by atoms with Crippen LogP contribution in [0, 0.1) is 5.82 Å². The van der Waals surface area contributed by atoms with Crippen molar-refractivity contribution in [1.29, 1.82) is 0 Å². The summed E-state index contributed by atoms with van der Waals surface area (Å²) in [5, 5.41) is 11.1. The zero-order chi connectivity index (χ0) is 13.1. The minimum atomic E-state index is -1.17. The van der Waals surface area contributed by atoms with E-state index in [1.54, 1.807) is 0 Å². The second-order valence-electron chi connectivity index (χ2n) is 3.51. The molecule has 1 heterocycles. The molecule has 0 unspecified atom stereocenters. The maximum Gasteiger partial charge on any atom is 0.339 e. The molecular formula is C12H10FNO3S. The summed E-state index contributed by atoms with van der Waals surface area (Å²) < 4.78 is 18.4. The monoisotopic (exact) mass is 267 g/mol. The molecule has 4 nitrogen and oxygen atoms in total. The number of hydrogen-bond acceptors (Lipinski definition) is 4. The van der Waals surface area contributed by atoms with Gasteiger partial charge in [0, 0.05) is 11.4 Å². The third-order valence-corrected chi connectivity index (χ3v) is 3.03. The molecule has 0 atom stereocenters. The number of halogens is 1. The number of aryl methyl sites for hydroxylation is 1. The van der Waals surface area contributed by atoms with Gasteiger partial charge in [0.25, 0.3) is 5.19 Å². The number of aromatic nitrogens is 1. The predicted molar refractivity (Wildman–Crippen MR) is 64.9 cm³/mol. The molecule has 1 N–H and O–H groups in total. The molecule has 2 rings (SSSR count). The molecule has 0 spiro atoms. The maximum absolute atomic E-state index is 13.1. The lowest BCUT2D eigenvalue weighted by molar-refractivity contribution is 0.0694. The van der Waals surface area contributed by atoms with Crippen molar-refractivity contribution < 1.29 is 19.0 Å². The first-order valence-corrected chi connectivity index (χ1v) is 6.13. The number of aromatic carboxylic acids is 1. The first kappa shape index (κ1) is 12.5. The lowest BCUT2D eigenvalue weighted by atomic mass is 10.2. The second-order valence-corrected chi connectivity index (χ2v) is 4.33. The highest BCUT2D eigenvalue weighted by molar-refractivity contribution is 7.11. The number of benzene rings is 1. The van der Waals surface area contributed by atoms with E-state index in [0.717, 1.165) is 24.2 Å². The van der Waals surface area contributed by atoms with Crippen LogP contribution in [-0.2, 0) is 6.42 Å². The zero-order valence-corrected chi connectivity index (χ0v) is 10.3. The molecule has 6 heteroatoms. The smallest absolute Gasteiger partial charge is 0.339 e. The van der Waals surface area contributed by atoms with E-state index in [4.69, 9.17) is 9.84 Å². The molecule has 0 fully saturated rings. The average molecular weight is 267 g/mol. The Bertz CT molecular complexity index is 582. The first-order chi connectivity index (χ1) is 8.60. The highest BCUT2D eigenvalue weighted by atomic mass is 32.1. The Morgan fingerprint density at radius 2 is 2.33 bits per heavy atom. The molecule has 0 saturated heterocycles. The van der Waals surface area contributed by atoms with Crippen LogP contribution in [0.3, 0.4) is 0 Å². The van der Waals surface area contributed by atoms with Gasteiger partial charge in [0.2, 0.25) is 0 Å².